The molecule has 1 N–H and O–H groups in total. The average Bonchev–Trinajstić information content (AvgIpc) is 2.30. The SMILES string of the molecule is CC(Cl)CCNC(=O)CCOc1ccccc1. The number of benzene rings is 1. The van der Waals surface area contributed by atoms with Crippen LogP contribution in [0.1, 0.15) is 19.8 Å². The van der Waals surface area contributed by atoms with Crippen LogP contribution in [0.5, 0.6) is 5.75 Å². The van der Waals surface area contributed by atoms with Gasteiger partial charge >= 0.3 is 0 Å². The molecule has 0 aliphatic rings. The molecule has 1 amide bonds. The van der Waals surface area contributed by atoms with Crippen molar-refractivity contribution in [3.63, 3.8) is 0 Å². The van der Waals surface area contributed by atoms with Crippen LogP contribution in [0.2, 0.25) is 0 Å². The second-order valence-electron chi connectivity index (χ2n) is 3.83. The van der Waals surface area contributed by atoms with Gasteiger partial charge in [-0.3, -0.25) is 4.79 Å². The van der Waals surface area contributed by atoms with E-state index in [-0.39, 0.29) is 11.3 Å². The maximum absolute atomic E-state index is 11.4. The number of para-hydroxylation sites is 1. The van der Waals surface area contributed by atoms with E-state index in [2.05, 4.69) is 5.32 Å². The third kappa shape index (κ3) is 6.84. The van der Waals surface area contributed by atoms with E-state index < -0.39 is 0 Å². The summed E-state index contributed by atoms with van der Waals surface area (Å²) in [7, 11) is 0. The molecule has 0 heterocycles. The first-order valence-electron chi connectivity index (χ1n) is 5.77. The van der Waals surface area contributed by atoms with Gasteiger partial charge in [-0.05, 0) is 25.5 Å². The van der Waals surface area contributed by atoms with Crippen molar-refractivity contribution in [1.82, 2.24) is 5.32 Å². The summed E-state index contributed by atoms with van der Waals surface area (Å²) in [5.41, 5.74) is 0. The first-order valence-corrected chi connectivity index (χ1v) is 6.20. The van der Waals surface area contributed by atoms with Crippen molar-refractivity contribution in [2.45, 2.75) is 25.1 Å². The van der Waals surface area contributed by atoms with Crippen molar-refractivity contribution in [3.8, 4) is 5.75 Å². The van der Waals surface area contributed by atoms with Crippen LogP contribution in [0, 0.1) is 0 Å². The lowest BCUT2D eigenvalue weighted by Gasteiger charge is -2.07. The number of hydrogen-bond donors (Lipinski definition) is 1. The number of alkyl halides is 1. The fraction of sp³-hybridized carbons (Fsp3) is 0.462. The first-order chi connectivity index (χ1) is 8.18. The zero-order chi connectivity index (χ0) is 12.5. The normalized spacial score (nSPS) is 11.9. The van der Waals surface area contributed by atoms with Gasteiger partial charge in [-0.25, -0.2) is 0 Å². The molecule has 0 aliphatic carbocycles. The molecule has 3 nitrogen and oxygen atoms in total. The third-order valence-electron chi connectivity index (χ3n) is 2.21. The second-order valence-corrected chi connectivity index (χ2v) is 4.58. The molecule has 94 valence electrons. The lowest BCUT2D eigenvalue weighted by Crippen LogP contribution is -2.27. The fourth-order valence-electron chi connectivity index (χ4n) is 1.28. The summed E-state index contributed by atoms with van der Waals surface area (Å²) in [4.78, 5) is 11.4. The van der Waals surface area contributed by atoms with Gasteiger partial charge in [0.1, 0.15) is 5.75 Å². The van der Waals surface area contributed by atoms with Crippen molar-refractivity contribution in [2.75, 3.05) is 13.2 Å². The Morgan fingerprint density at radius 2 is 2.12 bits per heavy atom. The standard InChI is InChI=1S/C13H18ClNO2/c1-11(14)7-9-15-13(16)8-10-17-12-5-3-2-4-6-12/h2-6,11H,7-10H2,1H3,(H,15,16). The minimum absolute atomic E-state index is 0.00162. The van der Waals surface area contributed by atoms with Crippen LogP contribution in [0.3, 0.4) is 0 Å². The Balaban J connectivity index is 2.08. The van der Waals surface area contributed by atoms with Gasteiger partial charge in [0.25, 0.3) is 0 Å². The minimum Gasteiger partial charge on any atom is -0.493 e. The molecule has 0 saturated heterocycles. The van der Waals surface area contributed by atoms with E-state index in [0.29, 0.717) is 19.6 Å². The number of hydrogen-bond acceptors (Lipinski definition) is 2. The maximum atomic E-state index is 11.4. The lowest BCUT2D eigenvalue weighted by molar-refractivity contribution is -0.121. The predicted molar refractivity (Wildman–Crippen MR) is 69.5 cm³/mol. The summed E-state index contributed by atoms with van der Waals surface area (Å²) in [5, 5.41) is 2.89. The van der Waals surface area contributed by atoms with Gasteiger partial charge in [0.2, 0.25) is 5.91 Å². The van der Waals surface area contributed by atoms with Crippen LogP contribution in [0.15, 0.2) is 30.3 Å². The highest BCUT2D eigenvalue weighted by Crippen LogP contribution is 2.08. The lowest BCUT2D eigenvalue weighted by atomic mass is 10.3. The Labute approximate surface area is 107 Å². The summed E-state index contributed by atoms with van der Waals surface area (Å²) >= 11 is 5.77. The van der Waals surface area contributed by atoms with Crippen molar-refractivity contribution in [2.24, 2.45) is 0 Å². The van der Waals surface area contributed by atoms with Crippen LogP contribution < -0.4 is 10.1 Å². The molecular formula is C13H18ClNO2. The Morgan fingerprint density at radius 3 is 2.76 bits per heavy atom. The predicted octanol–water partition coefficient (Wildman–Crippen LogP) is 2.59. The molecule has 0 spiro atoms. The van der Waals surface area contributed by atoms with Gasteiger partial charge < -0.3 is 10.1 Å². The van der Waals surface area contributed by atoms with E-state index in [1.807, 2.05) is 37.3 Å². The molecule has 0 saturated carbocycles. The Morgan fingerprint density at radius 1 is 1.41 bits per heavy atom. The van der Waals surface area contributed by atoms with Gasteiger partial charge in [-0.1, -0.05) is 18.2 Å². The molecule has 0 radical (unpaired) electrons. The fourth-order valence-corrected chi connectivity index (χ4v) is 1.39. The molecular weight excluding hydrogens is 238 g/mol. The number of carbonyl (C=O) groups is 1. The van der Waals surface area contributed by atoms with Crippen LogP contribution in [-0.4, -0.2) is 24.4 Å². The van der Waals surface area contributed by atoms with E-state index in [1.165, 1.54) is 0 Å². The number of carbonyl (C=O) groups excluding carboxylic acids is 1. The van der Waals surface area contributed by atoms with Gasteiger partial charge in [0, 0.05) is 11.9 Å². The zero-order valence-corrected chi connectivity index (χ0v) is 10.7. The third-order valence-corrected chi connectivity index (χ3v) is 2.42. The van der Waals surface area contributed by atoms with Gasteiger partial charge in [-0.15, -0.1) is 11.6 Å². The minimum atomic E-state index is -0.00162. The van der Waals surface area contributed by atoms with E-state index in [0.717, 1.165) is 12.2 Å². The van der Waals surface area contributed by atoms with Crippen LogP contribution >= 0.6 is 11.6 Å². The van der Waals surface area contributed by atoms with E-state index >= 15 is 0 Å². The first kappa shape index (κ1) is 13.8. The van der Waals surface area contributed by atoms with Crippen LogP contribution in [0.4, 0.5) is 0 Å². The monoisotopic (exact) mass is 255 g/mol. The Bertz CT molecular complexity index is 327. The number of amides is 1. The summed E-state index contributed by atoms with van der Waals surface area (Å²) in [5.74, 6) is 0.785. The van der Waals surface area contributed by atoms with Gasteiger partial charge in [0.05, 0.1) is 13.0 Å². The highest BCUT2D eigenvalue weighted by Gasteiger charge is 2.02. The number of rotatable bonds is 7. The smallest absolute Gasteiger partial charge is 0.223 e. The molecule has 1 aromatic carbocycles. The van der Waals surface area contributed by atoms with Crippen molar-refractivity contribution in [1.29, 1.82) is 0 Å². The molecule has 1 atom stereocenters. The van der Waals surface area contributed by atoms with E-state index in [1.54, 1.807) is 0 Å². The van der Waals surface area contributed by atoms with Crippen molar-refractivity contribution >= 4 is 17.5 Å². The highest BCUT2D eigenvalue weighted by atomic mass is 35.5. The molecule has 0 bridgehead atoms. The summed E-state index contributed by atoms with van der Waals surface area (Å²) in [6, 6.07) is 9.46. The molecule has 17 heavy (non-hydrogen) atoms. The van der Waals surface area contributed by atoms with Crippen LogP contribution in [-0.2, 0) is 4.79 Å². The molecule has 1 rings (SSSR count). The summed E-state index contributed by atoms with van der Waals surface area (Å²) in [6.07, 6.45) is 1.15. The van der Waals surface area contributed by atoms with E-state index in [4.69, 9.17) is 16.3 Å². The van der Waals surface area contributed by atoms with Crippen molar-refractivity contribution in [3.05, 3.63) is 30.3 Å². The second kappa shape index (κ2) is 7.96. The van der Waals surface area contributed by atoms with Crippen LogP contribution in [0.25, 0.3) is 0 Å². The maximum Gasteiger partial charge on any atom is 0.223 e. The molecule has 0 aromatic heterocycles. The highest BCUT2D eigenvalue weighted by molar-refractivity contribution is 6.20. The Kier molecular flexibility index (Phi) is 6.48. The number of halogens is 1. The quantitative estimate of drug-likeness (QED) is 0.761. The van der Waals surface area contributed by atoms with Gasteiger partial charge in [0.15, 0.2) is 0 Å². The molecule has 1 unspecified atom stereocenters. The van der Waals surface area contributed by atoms with Crippen molar-refractivity contribution < 1.29 is 9.53 Å². The topological polar surface area (TPSA) is 38.3 Å². The average molecular weight is 256 g/mol. The summed E-state index contributed by atoms with van der Waals surface area (Å²) in [6.45, 7) is 2.92. The largest absolute Gasteiger partial charge is 0.493 e. The Hall–Kier alpha value is -1.22. The molecule has 4 heteroatoms. The molecule has 1 aromatic rings. The molecule has 0 aliphatic heterocycles. The van der Waals surface area contributed by atoms with Gasteiger partial charge in [-0.2, -0.15) is 0 Å². The number of ether oxygens (including phenoxy) is 1. The number of nitrogens with one attached hydrogen (secondary N) is 1. The zero-order valence-electron chi connectivity index (χ0n) is 9.99. The molecule has 0 fully saturated rings. The van der Waals surface area contributed by atoms with E-state index in [9.17, 15) is 4.79 Å². The summed E-state index contributed by atoms with van der Waals surface area (Å²) < 4.78 is 5.42.